The molecular weight excluding hydrogens is 188 g/mol. The predicted octanol–water partition coefficient (Wildman–Crippen LogP) is 4.48. The minimum absolute atomic E-state index is 0.155. The Morgan fingerprint density at radius 3 is 2.20 bits per heavy atom. The quantitative estimate of drug-likeness (QED) is 0.321. The molecule has 0 N–H and O–H groups in total. The van der Waals surface area contributed by atoms with Crippen LogP contribution in [0.1, 0.15) is 73.1 Å². The van der Waals surface area contributed by atoms with Gasteiger partial charge in [-0.15, -0.1) is 0 Å². The molecule has 1 unspecified atom stereocenters. The van der Waals surface area contributed by atoms with E-state index in [2.05, 4.69) is 34.6 Å². The van der Waals surface area contributed by atoms with Crippen molar-refractivity contribution < 1.29 is 9.78 Å². The molecule has 0 amide bonds. The van der Waals surface area contributed by atoms with Crippen molar-refractivity contribution in [1.82, 2.24) is 0 Å². The van der Waals surface area contributed by atoms with Gasteiger partial charge in [0, 0.05) is 0 Å². The molecule has 0 aliphatic carbocycles. The van der Waals surface area contributed by atoms with E-state index >= 15 is 0 Å². The lowest BCUT2D eigenvalue weighted by molar-refractivity contribution is -0.378. The third-order valence-corrected chi connectivity index (χ3v) is 2.85. The highest BCUT2D eigenvalue weighted by Gasteiger charge is 2.19. The average molecular weight is 216 g/mol. The Morgan fingerprint density at radius 1 is 1.07 bits per heavy atom. The van der Waals surface area contributed by atoms with Gasteiger partial charge in [0.25, 0.3) is 0 Å². The van der Waals surface area contributed by atoms with E-state index in [1.54, 1.807) is 0 Å². The number of hydrogen-bond acceptors (Lipinski definition) is 2. The standard InChI is InChI=1S/C13H28O2/c1-6-9-10-11-12(7-2)14-15-13(4,5)8-3/h12H,6-11H2,1-5H3. The maximum absolute atomic E-state index is 5.49. The molecule has 0 spiro atoms. The first-order valence-electron chi connectivity index (χ1n) is 6.40. The highest BCUT2D eigenvalue weighted by Crippen LogP contribution is 2.18. The van der Waals surface area contributed by atoms with Gasteiger partial charge in [-0.3, -0.25) is 0 Å². The molecule has 0 saturated carbocycles. The van der Waals surface area contributed by atoms with Crippen LogP contribution in [0.2, 0.25) is 0 Å². The van der Waals surface area contributed by atoms with Crippen LogP contribution in [-0.2, 0) is 9.78 Å². The summed E-state index contributed by atoms with van der Waals surface area (Å²) in [6, 6.07) is 0. The molecule has 92 valence electrons. The van der Waals surface area contributed by atoms with Crippen LogP contribution in [0.15, 0.2) is 0 Å². The van der Waals surface area contributed by atoms with Gasteiger partial charge in [-0.2, -0.15) is 0 Å². The molecule has 0 saturated heterocycles. The van der Waals surface area contributed by atoms with Crippen LogP contribution in [0.5, 0.6) is 0 Å². The lowest BCUT2D eigenvalue weighted by Gasteiger charge is -2.25. The summed E-state index contributed by atoms with van der Waals surface area (Å²) in [5.74, 6) is 0. The van der Waals surface area contributed by atoms with Gasteiger partial charge in [0.2, 0.25) is 0 Å². The zero-order chi connectivity index (χ0) is 11.7. The molecule has 0 bridgehead atoms. The molecule has 15 heavy (non-hydrogen) atoms. The van der Waals surface area contributed by atoms with Crippen molar-refractivity contribution in [2.75, 3.05) is 0 Å². The minimum atomic E-state index is -0.155. The molecule has 0 aliphatic heterocycles. The van der Waals surface area contributed by atoms with Gasteiger partial charge in [-0.05, 0) is 33.1 Å². The van der Waals surface area contributed by atoms with Gasteiger partial charge in [0.1, 0.15) is 0 Å². The molecule has 1 atom stereocenters. The summed E-state index contributed by atoms with van der Waals surface area (Å²) in [6.07, 6.45) is 7.17. The van der Waals surface area contributed by atoms with E-state index in [0.29, 0.717) is 0 Å². The Morgan fingerprint density at radius 2 is 1.73 bits per heavy atom. The van der Waals surface area contributed by atoms with E-state index in [0.717, 1.165) is 19.3 Å². The Labute approximate surface area is 95.3 Å². The van der Waals surface area contributed by atoms with Crippen LogP contribution in [0.4, 0.5) is 0 Å². The van der Waals surface area contributed by atoms with Gasteiger partial charge >= 0.3 is 0 Å². The second kappa shape index (κ2) is 8.12. The summed E-state index contributed by atoms with van der Waals surface area (Å²) >= 11 is 0. The molecule has 2 heteroatoms. The maximum Gasteiger partial charge on any atom is 0.0977 e. The lowest BCUT2D eigenvalue weighted by atomic mass is 10.1. The molecule has 0 fully saturated rings. The van der Waals surface area contributed by atoms with Crippen molar-refractivity contribution in [1.29, 1.82) is 0 Å². The van der Waals surface area contributed by atoms with E-state index in [1.165, 1.54) is 19.3 Å². The first-order valence-corrected chi connectivity index (χ1v) is 6.40. The van der Waals surface area contributed by atoms with Gasteiger partial charge in [-0.1, -0.05) is 40.0 Å². The second-order valence-electron chi connectivity index (χ2n) is 4.82. The van der Waals surface area contributed by atoms with Gasteiger partial charge in [-0.25, -0.2) is 9.78 Å². The van der Waals surface area contributed by atoms with E-state index in [4.69, 9.17) is 9.78 Å². The van der Waals surface area contributed by atoms with Crippen LogP contribution in [-0.4, -0.2) is 11.7 Å². The fourth-order valence-electron chi connectivity index (χ4n) is 1.20. The Bertz CT molecular complexity index is 143. The summed E-state index contributed by atoms with van der Waals surface area (Å²) in [5.41, 5.74) is -0.155. The van der Waals surface area contributed by atoms with Crippen LogP contribution in [0.25, 0.3) is 0 Å². The lowest BCUT2D eigenvalue weighted by Crippen LogP contribution is -2.26. The van der Waals surface area contributed by atoms with Crippen LogP contribution < -0.4 is 0 Å². The van der Waals surface area contributed by atoms with Crippen molar-refractivity contribution >= 4 is 0 Å². The normalized spacial score (nSPS) is 14.2. The Hall–Kier alpha value is -0.0800. The van der Waals surface area contributed by atoms with Crippen molar-refractivity contribution in [2.45, 2.75) is 84.8 Å². The molecule has 0 aromatic rings. The number of hydrogen-bond donors (Lipinski definition) is 0. The summed E-state index contributed by atoms with van der Waals surface area (Å²) in [4.78, 5) is 11.0. The topological polar surface area (TPSA) is 18.5 Å². The predicted molar refractivity (Wildman–Crippen MR) is 64.8 cm³/mol. The third kappa shape index (κ3) is 7.80. The first-order chi connectivity index (χ1) is 7.05. The van der Waals surface area contributed by atoms with Crippen molar-refractivity contribution in [2.24, 2.45) is 0 Å². The molecule has 0 rings (SSSR count). The Kier molecular flexibility index (Phi) is 8.07. The zero-order valence-corrected chi connectivity index (χ0v) is 11.1. The fraction of sp³-hybridized carbons (Fsp3) is 1.00. The fourth-order valence-corrected chi connectivity index (χ4v) is 1.20. The summed E-state index contributed by atoms with van der Waals surface area (Å²) in [6.45, 7) is 10.6. The third-order valence-electron chi connectivity index (χ3n) is 2.85. The smallest absolute Gasteiger partial charge is 0.0977 e. The molecular formula is C13H28O2. The molecule has 2 nitrogen and oxygen atoms in total. The molecule has 0 aromatic carbocycles. The molecule has 0 aromatic heterocycles. The highest BCUT2D eigenvalue weighted by molar-refractivity contribution is 4.63. The van der Waals surface area contributed by atoms with Crippen molar-refractivity contribution in [3.63, 3.8) is 0 Å². The molecule has 0 aliphatic rings. The largest absolute Gasteiger partial charge is 0.233 e. The van der Waals surface area contributed by atoms with E-state index < -0.39 is 0 Å². The summed E-state index contributed by atoms with van der Waals surface area (Å²) in [5, 5.41) is 0. The van der Waals surface area contributed by atoms with Gasteiger partial charge in [0.05, 0.1) is 11.7 Å². The molecule has 0 radical (unpaired) electrons. The Balaban J connectivity index is 3.69. The second-order valence-corrected chi connectivity index (χ2v) is 4.82. The zero-order valence-electron chi connectivity index (χ0n) is 11.1. The van der Waals surface area contributed by atoms with Crippen molar-refractivity contribution in [3.8, 4) is 0 Å². The van der Waals surface area contributed by atoms with E-state index in [9.17, 15) is 0 Å². The van der Waals surface area contributed by atoms with E-state index in [1.807, 2.05) is 0 Å². The summed E-state index contributed by atoms with van der Waals surface area (Å²) in [7, 11) is 0. The van der Waals surface area contributed by atoms with Crippen LogP contribution in [0.3, 0.4) is 0 Å². The maximum atomic E-state index is 5.49. The van der Waals surface area contributed by atoms with Gasteiger partial charge < -0.3 is 0 Å². The van der Waals surface area contributed by atoms with E-state index in [-0.39, 0.29) is 11.7 Å². The van der Waals surface area contributed by atoms with Crippen LogP contribution >= 0.6 is 0 Å². The number of rotatable bonds is 9. The molecule has 0 heterocycles. The highest BCUT2D eigenvalue weighted by atomic mass is 17.2. The van der Waals surface area contributed by atoms with Crippen LogP contribution in [0, 0.1) is 0 Å². The van der Waals surface area contributed by atoms with Gasteiger partial charge in [0.15, 0.2) is 0 Å². The minimum Gasteiger partial charge on any atom is -0.233 e. The summed E-state index contributed by atoms with van der Waals surface area (Å²) < 4.78 is 0. The SMILES string of the molecule is CCCCCC(CC)OOC(C)(C)CC. The average Bonchev–Trinajstić information content (AvgIpc) is 2.23. The monoisotopic (exact) mass is 216 g/mol. The van der Waals surface area contributed by atoms with Crippen molar-refractivity contribution in [3.05, 3.63) is 0 Å². The first kappa shape index (κ1) is 14.9. The number of unbranched alkanes of at least 4 members (excludes halogenated alkanes) is 2.